The summed E-state index contributed by atoms with van der Waals surface area (Å²) in [4.78, 5) is 32.3. The molecule has 1 unspecified atom stereocenters. The minimum Gasteiger partial charge on any atom is -0.448 e. The van der Waals surface area contributed by atoms with Gasteiger partial charge in [0.2, 0.25) is 0 Å². The second kappa shape index (κ2) is 12.7. The summed E-state index contributed by atoms with van der Waals surface area (Å²) in [5, 5.41) is 7.35. The number of ether oxygens (including phenoxy) is 2. The van der Waals surface area contributed by atoms with Gasteiger partial charge in [-0.15, -0.1) is 0 Å². The predicted molar refractivity (Wildman–Crippen MR) is 165 cm³/mol. The third kappa shape index (κ3) is 7.04. The third-order valence-corrected chi connectivity index (χ3v) is 6.84. The first-order valence-electron chi connectivity index (χ1n) is 14.0. The first-order chi connectivity index (χ1) is 20.3. The molecule has 0 spiro atoms. The van der Waals surface area contributed by atoms with Crippen molar-refractivity contribution in [2.24, 2.45) is 0 Å². The van der Waals surface area contributed by atoms with E-state index in [0.717, 1.165) is 32.7 Å². The first-order valence-corrected chi connectivity index (χ1v) is 14.0. The molecule has 2 amide bonds. The summed E-state index contributed by atoms with van der Waals surface area (Å²) in [7, 11) is 0. The minimum atomic E-state index is -0.676. The van der Waals surface area contributed by atoms with Crippen LogP contribution in [-0.2, 0) is 16.0 Å². The number of benzene rings is 4. The Labute approximate surface area is 246 Å². The molecule has 1 heterocycles. The molecule has 0 fully saturated rings. The molecule has 5 rings (SSSR count). The molecule has 4 aromatic carbocycles. The number of nitrogens with zero attached hydrogens (tertiary/aromatic N) is 2. The van der Waals surface area contributed by atoms with E-state index in [4.69, 9.17) is 9.47 Å². The summed E-state index contributed by atoms with van der Waals surface area (Å²) in [6, 6.07) is 33.2. The highest BCUT2D eigenvalue weighted by Gasteiger charge is 2.24. The summed E-state index contributed by atoms with van der Waals surface area (Å²) >= 11 is 0. The summed E-state index contributed by atoms with van der Waals surface area (Å²) in [5.41, 5.74) is 1.88. The van der Waals surface area contributed by atoms with Crippen LogP contribution < -0.4 is 5.32 Å². The van der Waals surface area contributed by atoms with Gasteiger partial charge in [-0.05, 0) is 71.6 Å². The van der Waals surface area contributed by atoms with Crippen LogP contribution in [0.4, 0.5) is 9.59 Å². The van der Waals surface area contributed by atoms with E-state index in [2.05, 4.69) is 40.6 Å². The second-order valence-electron chi connectivity index (χ2n) is 11.1. The number of nitrogens with one attached hydrogen (secondary N) is 1. The van der Waals surface area contributed by atoms with Crippen LogP contribution in [0.3, 0.4) is 0 Å². The lowest BCUT2D eigenvalue weighted by atomic mass is 9.97. The summed E-state index contributed by atoms with van der Waals surface area (Å²) in [6.07, 6.45) is 0.613. The molecule has 214 valence electrons. The fourth-order valence-electron chi connectivity index (χ4n) is 4.96. The highest BCUT2D eigenvalue weighted by molar-refractivity contribution is 6.09. The van der Waals surface area contributed by atoms with Crippen molar-refractivity contribution in [2.45, 2.75) is 39.0 Å². The molecule has 1 atom stereocenters. The zero-order valence-electron chi connectivity index (χ0n) is 24.1. The van der Waals surface area contributed by atoms with Crippen molar-refractivity contribution in [3.8, 4) is 0 Å². The lowest BCUT2D eigenvalue weighted by Crippen LogP contribution is -2.39. The Morgan fingerprint density at radius 2 is 1.50 bits per heavy atom. The zero-order chi connectivity index (χ0) is 29.5. The van der Waals surface area contributed by atoms with E-state index in [0.29, 0.717) is 12.2 Å². The van der Waals surface area contributed by atoms with Crippen LogP contribution in [0.15, 0.2) is 109 Å². The molecule has 0 bridgehead atoms. The molecule has 1 aromatic heterocycles. The zero-order valence-corrected chi connectivity index (χ0v) is 24.1. The number of carbonyl (C=O) groups is 2. The van der Waals surface area contributed by atoms with Crippen molar-refractivity contribution in [1.82, 2.24) is 15.2 Å². The number of hydrogen-bond acceptors (Lipinski definition) is 5. The number of alkyl carbamates (subject to hydrolysis) is 1. The normalized spacial score (nSPS) is 12.1. The molecule has 0 aliphatic carbocycles. The second-order valence-corrected chi connectivity index (χ2v) is 11.1. The maximum Gasteiger partial charge on any atom is 0.410 e. The summed E-state index contributed by atoms with van der Waals surface area (Å²) < 4.78 is 11.3. The van der Waals surface area contributed by atoms with E-state index in [1.165, 1.54) is 0 Å². The van der Waals surface area contributed by atoms with Gasteiger partial charge in [-0.3, -0.25) is 4.98 Å². The predicted octanol–water partition coefficient (Wildman–Crippen LogP) is 7.64. The molecular weight excluding hydrogens is 526 g/mol. The Bertz CT molecular complexity index is 1630. The number of rotatable bonds is 8. The number of carbonyl (C=O) groups excluding carboxylic acids is 2. The molecule has 0 saturated carbocycles. The fourth-order valence-corrected chi connectivity index (χ4v) is 4.96. The largest absolute Gasteiger partial charge is 0.448 e. The fraction of sp³-hybridized carbons (Fsp3) is 0.229. The molecule has 5 aromatic rings. The monoisotopic (exact) mass is 561 g/mol. The van der Waals surface area contributed by atoms with Crippen LogP contribution in [0.1, 0.15) is 43.6 Å². The summed E-state index contributed by atoms with van der Waals surface area (Å²) in [6.45, 7) is 5.94. The standard InChI is InChI=1S/C35H35N3O4/c1-35(2,3)42-34(40)38(24-27-23-26-15-7-8-16-28(26)30-18-10-9-17-29(27)30)21-22-41-33(39)37-32(25-13-5-4-6-14-25)31-19-11-12-20-36-31/h4-20,23,32H,21-22,24H2,1-3H3,(H,37,39). The highest BCUT2D eigenvalue weighted by Crippen LogP contribution is 2.30. The maximum atomic E-state index is 13.3. The molecule has 7 heteroatoms. The van der Waals surface area contributed by atoms with Gasteiger partial charge in [0, 0.05) is 12.7 Å². The maximum absolute atomic E-state index is 13.3. The molecule has 0 aliphatic heterocycles. The molecule has 0 saturated heterocycles. The van der Waals surface area contributed by atoms with E-state index in [9.17, 15) is 9.59 Å². The van der Waals surface area contributed by atoms with Gasteiger partial charge in [0.05, 0.1) is 18.3 Å². The van der Waals surface area contributed by atoms with Gasteiger partial charge in [-0.1, -0.05) is 84.9 Å². The minimum absolute atomic E-state index is 0.0136. The Morgan fingerprint density at radius 3 is 2.21 bits per heavy atom. The summed E-state index contributed by atoms with van der Waals surface area (Å²) in [5.74, 6) is 0. The van der Waals surface area contributed by atoms with E-state index in [1.807, 2.05) is 93.6 Å². The van der Waals surface area contributed by atoms with Crippen LogP contribution in [0.25, 0.3) is 21.5 Å². The van der Waals surface area contributed by atoms with Crippen LogP contribution in [-0.4, -0.2) is 40.8 Å². The van der Waals surface area contributed by atoms with Crippen LogP contribution in [0, 0.1) is 0 Å². The van der Waals surface area contributed by atoms with Crippen molar-refractivity contribution in [3.05, 3.63) is 126 Å². The first kappa shape index (κ1) is 28.6. The van der Waals surface area contributed by atoms with Gasteiger partial charge in [-0.25, -0.2) is 9.59 Å². The molecule has 0 radical (unpaired) electrons. The van der Waals surface area contributed by atoms with Crippen molar-refractivity contribution in [3.63, 3.8) is 0 Å². The number of aromatic nitrogens is 1. The average molecular weight is 562 g/mol. The number of amides is 2. The molecule has 42 heavy (non-hydrogen) atoms. The van der Waals surface area contributed by atoms with Gasteiger partial charge in [0.25, 0.3) is 0 Å². The van der Waals surface area contributed by atoms with E-state index >= 15 is 0 Å². The van der Waals surface area contributed by atoms with Gasteiger partial charge in [0.15, 0.2) is 0 Å². The van der Waals surface area contributed by atoms with Crippen molar-refractivity contribution in [1.29, 1.82) is 0 Å². The SMILES string of the molecule is CC(C)(C)OC(=O)N(CCOC(=O)NC(c1ccccc1)c1ccccn1)Cc1cc2ccccc2c2ccccc12. The third-order valence-electron chi connectivity index (χ3n) is 6.84. The number of pyridine rings is 1. The van der Waals surface area contributed by atoms with Crippen LogP contribution >= 0.6 is 0 Å². The van der Waals surface area contributed by atoms with E-state index in [-0.39, 0.29) is 13.2 Å². The molecular formula is C35H35N3O4. The highest BCUT2D eigenvalue weighted by atomic mass is 16.6. The average Bonchev–Trinajstić information content (AvgIpc) is 2.99. The van der Waals surface area contributed by atoms with Crippen LogP contribution in [0.2, 0.25) is 0 Å². The van der Waals surface area contributed by atoms with Crippen molar-refractivity contribution >= 4 is 33.7 Å². The number of hydrogen-bond donors (Lipinski definition) is 1. The molecule has 7 nitrogen and oxygen atoms in total. The van der Waals surface area contributed by atoms with E-state index < -0.39 is 23.8 Å². The lowest BCUT2D eigenvalue weighted by molar-refractivity contribution is 0.0190. The van der Waals surface area contributed by atoms with Crippen molar-refractivity contribution in [2.75, 3.05) is 13.2 Å². The topological polar surface area (TPSA) is 80.8 Å². The Kier molecular flexibility index (Phi) is 8.67. The van der Waals surface area contributed by atoms with E-state index in [1.54, 1.807) is 11.1 Å². The molecule has 1 N–H and O–H groups in total. The quantitative estimate of drug-likeness (QED) is 0.197. The molecule has 0 aliphatic rings. The number of fused-ring (bicyclic) bond motifs is 3. The van der Waals surface area contributed by atoms with Gasteiger partial charge in [0.1, 0.15) is 12.2 Å². The Hall–Kier alpha value is -4.91. The van der Waals surface area contributed by atoms with Crippen molar-refractivity contribution < 1.29 is 19.1 Å². The van der Waals surface area contributed by atoms with Crippen LogP contribution in [0.5, 0.6) is 0 Å². The Morgan fingerprint density at radius 1 is 0.833 bits per heavy atom. The lowest BCUT2D eigenvalue weighted by Gasteiger charge is -2.28. The smallest absolute Gasteiger partial charge is 0.410 e. The van der Waals surface area contributed by atoms with Gasteiger partial charge >= 0.3 is 12.2 Å². The Balaban J connectivity index is 1.33. The van der Waals surface area contributed by atoms with Gasteiger partial charge in [-0.2, -0.15) is 0 Å². The van der Waals surface area contributed by atoms with Gasteiger partial charge < -0.3 is 19.7 Å².